The number of alkyl halides is 2. The predicted molar refractivity (Wildman–Crippen MR) is 167 cm³/mol. The predicted octanol–water partition coefficient (Wildman–Crippen LogP) is 6.41. The van der Waals surface area contributed by atoms with E-state index in [4.69, 9.17) is 42.1 Å². The van der Waals surface area contributed by atoms with Crippen molar-refractivity contribution in [1.82, 2.24) is 9.80 Å². The van der Waals surface area contributed by atoms with Gasteiger partial charge in [0.25, 0.3) is 0 Å². The first-order chi connectivity index (χ1) is 20.0. The molecular formula is C32H41Cl2N3O4. The zero-order valence-corrected chi connectivity index (χ0v) is 26.0. The fraction of sp³-hybridized carbons (Fsp3) is 0.438. The molecule has 4 rings (SSSR count). The van der Waals surface area contributed by atoms with Gasteiger partial charge in [-0.1, -0.05) is 24.3 Å². The van der Waals surface area contributed by atoms with Gasteiger partial charge in [-0.3, -0.25) is 9.80 Å². The summed E-state index contributed by atoms with van der Waals surface area (Å²) < 4.78 is 22.1. The summed E-state index contributed by atoms with van der Waals surface area (Å²) in [6.07, 6.45) is 1.14. The number of halogens is 2. The van der Waals surface area contributed by atoms with Crippen LogP contribution in [0, 0.1) is 0 Å². The van der Waals surface area contributed by atoms with Crippen molar-refractivity contribution in [3.05, 3.63) is 77.4 Å². The van der Waals surface area contributed by atoms with Crippen molar-refractivity contribution in [2.24, 2.45) is 0 Å². The van der Waals surface area contributed by atoms with Crippen LogP contribution in [0.4, 0.5) is 5.69 Å². The third-order valence-electron chi connectivity index (χ3n) is 7.51. The number of methoxy groups -OCH3 is 4. The first-order valence-electron chi connectivity index (χ1n) is 13.9. The lowest BCUT2D eigenvalue weighted by Gasteiger charge is -2.44. The van der Waals surface area contributed by atoms with Gasteiger partial charge < -0.3 is 23.8 Å². The van der Waals surface area contributed by atoms with E-state index in [1.807, 2.05) is 12.1 Å². The topological polar surface area (TPSA) is 46.6 Å². The second-order valence-electron chi connectivity index (χ2n) is 10.0. The van der Waals surface area contributed by atoms with E-state index in [0.29, 0.717) is 11.8 Å². The fourth-order valence-electron chi connectivity index (χ4n) is 5.56. The molecule has 3 aromatic carbocycles. The normalized spacial score (nSPS) is 14.6. The standard InChI is InChI=1S/C32H41Cl2N3O4/c1-38-28-12-6-24(20-30(28)40-3)22-36-16-5-17-37(23-25-7-13-29(39-2)31(21-25)41-4)32(36)26-8-10-27(11-9-26)35(18-14-33)19-15-34/h6-13,20-21,32H,5,14-19,22-23H2,1-4H3. The molecule has 0 aromatic heterocycles. The molecule has 1 saturated heterocycles. The smallest absolute Gasteiger partial charge is 0.161 e. The van der Waals surface area contributed by atoms with Crippen LogP contribution in [0.1, 0.15) is 29.3 Å². The van der Waals surface area contributed by atoms with Crippen LogP contribution < -0.4 is 23.8 Å². The maximum atomic E-state index is 6.08. The molecule has 222 valence electrons. The highest BCUT2D eigenvalue weighted by Crippen LogP contribution is 2.36. The molecule has 9 heteroatoms. The lowest BCUT2D eigenvalue weighted by molar-refractivity contribution is -0.00915. The zero-order valence-electron chi connectivity index (χ0n) is 24.4. The molecule has 0 atom stereocenters. The van der Waals surface area contributed by atoms with Crippen molar-refractivity contribution >= 4 is 28.9 Å². The van der Waals surface area contributed by atoms with E-state index in [0.717, 1.165) is 74.4 Å². The van der Waals surface area contributed by atoms with Crippen LogP contribution in [-0.2, 0) is 13.1 Å². The number of anilines is 1. The van der Waals surface area contributed by atoms with Gasteiger partial charge in [0.05, 0.1) is 34.6 Å². The highest BCUT2D eigenvalue weighted by molar-refractivity contribution is 6.18. The van der Waals surface area contributed by atoms with Crippen LogP contribution in [0.5, 0.6) is 23.0 Å². The average Bonchev–Trinajstić information content (AvgIpc) is 3.01. The molecule has 0 N–H and O–H groups in total. The molecule has 0 radical (unpaired) electrons. The van der Waals surface area contributed by atoms with Gasteiger partial charge in [0, 0.05) is 56.7 Å². The molecule has 1 heterocycles. The molecule has 0 saturated carbocycles. The molecule has 0 bridgehead atoms. The lowest BCUT2D eigenvalue weighted by atomic mass is 10.0. The molecule has 1 aliphatic heterocycles. The zero-order chi connectivity index (χ0) is 29.2. The largest absolute Gasteiger partial charge is 0.493 e. The Kier molecular flexibility index (Phi) is 11.7. The first kappa shape index (κ1) is 31.1. The third kappa shape index (κ3) is 7.72. The SMILES string of the molecule is COc1ccc(CN2CCCN(Cc3ccc(OC)c(OC)c3)C2c2ccc(N(CCCl)CCCl)cc2)cc1OC. The van der Waals surface area contributed by atoms with Gasteiger partial charge in [-0.05, 0) is 59.5 Å². The van der Waals surface area contributed by atoms with Crippen LogP contribution in [0.3, 0.4) is 0 Å². The molecule has 0 unspecified atom stereocenters. The minimum absolute atomic E-state index is 0.0773. The van der Waals surface area contributed by atoms with Gasteiger partial charge in [-0.2, -0.15) is 0 Å². The van der Waals surface area contributed by atoms with Gasteiger partial charge in [0.15, 0.2) is 23.0 Å². The van der Waals surface area contributed by atoms with E-state index >= 15 is 0 Å². The van der Waals surface area contributed by atoms with Crippen molar-refractivity contribution in [3.63, 3.8) is 0 Å². The Labute approximate surface area is 254 Å². The molecule has 3 aromatic rings. The van der Waals surface area contributed by atoms with Gasteiger partial charge in [-0.15, -0.1) is 23.2 Å². The number of hydrogen-bond acceptors (Lipinski definition) is 7. The molecule has 41 heavy (non-hydrogen) atoms. The quantitative estimate of drug-likeness (QED) is 0.198. The molecule has 1 aliphatic rings. The highest BCUT2D eigenvalue weighted by atomic mass is 35.5. The van der Waals surface area contributed by atoms with E-state index in [2.05, 4.69) is 63.2 Å². The molecular weight excluding hydrogens is 561 g/mol. The van der Waals surface area contributed by atoms with Crippen LogP contribution in [0.2, 0.25) is 0 Å². The first-order valence-corrected chi connectivity index (χ1v) is 15.0. The van der Waals surface area contributed by atoms with Crippen molar-refractivity contribution in [3.8, 4) is 23.0 Å². The van der Waals surface area contributed by atoms with E-state index in [-0.39, 0.29) is 6.17 Å². The van der Waals surface area contributed by atoms with Crippen molar-refractivity contribution in [2.75, 3.05) is 71.3 Å². The molecule has 7 nitrogen and oxygen atoms in total. The molecule has 0 spiro atoms. The number of ether oxygens (including phenoxy) is 4. The molecule has 0 amide bonds. The summed E-state index contributed by atoms with van der Waals surface area (Å²) in [5, 5.41) is 0. The average molecular weight is 603 g/mol. The number of benzene rings is 3. The summed E-state index contributed by atoms with van der Waals surface area (Å²) in [4.78, 5) is 7.30. The van der Waals surface area contributed by atoms with E-state index in [9.17, 15) is 0 Å². The third-order valence-corrected chi connectivity index (χ3v) is 7.85. The second-order valence-corrected chi connectivity index (χ2v) is 10.8. The van der Waals surface area contributed by atoms with Gasteiger partial charge in [0.2, 0.25) is 0 Å². The summed E-state index contributed by atoms with van der Waals surface area (Å²) in [6.45, 7) is 5.03. The number of hydrogen-bond donors (Lipinski definition) is 0. The minimum atomic E-state index is 0.0773. The summed E-state index contributed by atoms with van der Waals surface area (Å²) in [6, 6.07) is 21.2. The van der Waals surface area contributed by atoms with Crippen LogP contribution in [0.15, 0.2) is 60.7 Å². The highest BCUT2D eigenvalue weighted by Gasteiger charge is 2.31. The Hall–Kier alpha value is -2.84. The Morgan fingerprint density at radius 3 is 1.54 bits per heavy atom. The molecule has 1 fully saturated rings. The van der Waals surface area contributed by atoms with Gasteiger partial charge in [0.1, 0.15) is 0 Å². The fourth-order valence-corrected chi connectivity index (χ4v) is 5.97. The summed E-state index contributed by atoms with van der Waals surface area (Å²) in [7, 11) is 6.68. The van der Waals surface area contributed by atoms with Crippen molar-refractivity contribution in [2.45, 2.75) is 25.7 Å². The number of nitrogens with zero attached hydrogens (tertiary/aromatic N) is 3. The van der Waals surface area contributed by atoms with Crippen LogP contribution in [0.25, 0.3) is 0 Å². The van der Waals surface area contributed by atoms with E-state index in [1.54, 1.807) is 28.4 Å². The van der Waals surface area contributed by atoms with Crippen LogP contribution >= 0.6 is 23.2 Å². The Morgan fingerprint density at radius 2 is 1.12 bits per heavy atom. The van der Waals surface area contributed by atoms with Crippen LogP contribution in [-0.4, -0.2) is 76.2 Å². The van der Waals surface area contributed by atoms with Crippen molar-refractivity contribution < 1.29 is 18.9 Å². The van der Waals surface area contributed by atoms with Crippen molar-refractivity contribution in [1.29, 1.82) is 0 Å². The van der Waals surface area contributed by atoms with E-state index in [1.165, 1.54) is 16.7 Å². The van der Waals surface area contributed by atoms with E-state index < -0.39 is 0 Å². The minimum Gasteiger partial charge on any atom is -0.493 e. The van der Waals surface area contributed by atoms with Gasteiger partial charge >= 0.3 is 0 Å². The number of rotatable bonds is 14. The Morgan fingerprint density at radius 1 is 0.659 bits per heavy atom. The lowest BCUT2D eigenvalue weighted by Crippen LogP contribution is -2.46. The van der Waals surface area contributed by atoms with Gasteiger partial charge in [-0.25, -0.2) is 0 Å². The summed E-state index contributed by atoms with van der Waals surface area (Å²) in [5.41, 5.74) is 4.72. The maximum absolute atomic E-state index is 6.08. The maximum Gasteiger partial charge on any atom is 0.161 e. The summed E-state index contributed by atoms with van der Waals surface area (Å²) in [5.74, 6) is 4.05. The summed E-state index contributed by atoms with van der Waals surface area (Å²) >= 11 is 12.2. The Balaban J connectivity index is 1.67. The monoisotopic (exact) mass is 601 g/mol. The second kappa shape index (κ2) is 15.4. The Bertz CT molecular complexity index is 1170. The molecule has 0 aliphatic carbocycles.